The van der Waals surface area contributed by atoms with Gasteiger partial charge in [-0.25, -0.2) is 0 Å². The minimum Gasteiger partial charge on any atom is -0.508 e. The second-order valence-electron chi connectivity index (χ2n) is 3.70. The molecule has 0 heterocycles. The second-order valence-corrected chi connectivity index (χ2v) is 3.70. The zero-order chi connectivity index (χ0) is 10.6. The van der Waals surface area contributed by atoms with E-state index in [2.05, 4.69) is 0 Å². The van der Waals surface area contributed by atoms with Crippen molar-refractivity contribution in [1.82, 2.24) is 0 Å². The predicted octanol–water partition coefficient (Wildman–Crippen LogP) is 1.30. The van der Waals surface area contributed by atoms with Crippen LogP contribution in [0.3, 0.4) is 0 Å². The zero-order valence-corrected chi connectivity index (χ0v) is 8.66. The molecule has 0 bridgehead atoms. The highest BCUT2D eigenvalue weighted by atomic mass is 16.5. The third-order valence-corrected chi connectivity index (χ3v) is 2.44. The van der Waals surface area contributed by atoms with E-state index in [9.17, 15) is 0 Å². The van der Waals surface area contributed by atoms with Crippen molar-refractivity contribution < 1.29 is 9.84 Å². The van der Waals surface area contributed by atoms with Crippen LogP contribution in [0.4, 0.5) is 0 Å². The van der Waals surface area contributed by atoms with Gasteiger partial charge in [-0.3, -0.25) is 0 Å². The topological polar surface area (TPSA) is 55.5 Å². The normalized spacial score (nSPS) is 15.1. The first kappa shape index (κ1) is 11.0. The van der Waals surface area contributed by atoms with Crippen molar-refractivity contribution in [3.05, 3.63) is 29.8 Å². The lowest BCUT2D eigenvalue weighted by Crippen LogP contribution is -2.38. The van der Waals surface area contributed by atoms with Gasteiger partial charge in [0.1, 0.15) is 5.75 Å². The third-order valence-electron chi connectivity index (χ3n) is 2.44. The van der Waals surface area contributed by atoms with Crippen LogP contribution in [-0.2, 0) is 11.2 Å². The molecule has 1 aromatic carbocycles. The van der Waals surface area contributed by atoms with Crippen LogP contribution >= 0.6 is 0 Å². The van der Waals surface area contributed by atoms with Crippen molar-refractivity contribution in [2.75, 3.05) is 13.7 Å². The van der Waals surface area contributed by atoms with Crippen molar-refractivity contribution in [2.24, 2.45) is 5.73 Å². The van der Waals surface area contributed by atoms with Crippen LogP contribution in [0.2, 0.25) is 0 Å². The maximum atomic E-state index is 9.11. The van der Waals surface area contributed by atoms with Gasteiger partial charge in [0.05, 0.1) is 5.60 Å². The fraction of sp³-hybridized carbons (Fsp3) is 0.455. The summed E-state index contributed by atoms with van der Waals surface area (Å²) in [6, 6.07) is 7.09. The van der Waals surface area contributed by atoms with Gasteiger partial charge in [0.25, 0.3) is 0 Å². The van der Waals surface area contributed by atoms with Crippen LogP contribution in [0, 0.1) is 0 Å². The summed E-state index contributed by atoms with van der Waals surface area (Å²) in [6.07, 6.45) is 0.750. The van der Waals surface area contributed by atoms with E-state index in [0.717, 1.165) is 12.0 Å². The van der Waals surface area contributed by atoms with E-state index in [1.54, 1.807) is 19.2 Å². The molecule has 1 aromatic rings. The number of hydrogen-bond acceptors (Lipinski definition) is 3. The van der Waals surface area contributed by atoms with Crippen molar-refractivity contribution in [3.63, 3.8) is 0 Å². The van der Waals surface area contributed by atoms with Crippen LogP contribution in [0.5, 0.6) is 5.75 Å². The lowest BCUT2D eigenvalue weighted by Gasteiger charge is -2.26. The van der Waals surface area contributed by atoms with E-state index in [1.807, 2.05) is 19.1 Å². The predicted molar refractivity (Wildman–Crippen MR) is 56.3 cm³/mol. The van der Waals surface area contributed by atoms with E-state index < -0.39 is 0 Å². The molecule has 1 rings (SSSR count). The molecule has 1 unspecified atom stereocenters. The van der Waals surface area contributed by atoms with Crippen LogP contribution in [0.1, 0.15) is 12.5 Å². The Morgan fingerprint density at radius 2 is 1.93 bits per heavy atom. The largest absolute Gasteiger partial charge is 0.508 e. The number of hydrogen-bond donors (Lipinski definition) is 2. The number of aromatic hydroxyl groups is 1. The zero-order valence-electron chi connectivity index (χ0n) is 8.66. The van der Waals surface area contributed by atoms with Gasteiger partial charge in [-0.1, -0.05) is 12.1 Å². The molecule has 0 fully saturated rings. The number of nitrogens with two attached hydrogens (primary N) is 1. The Hall–Kier alpha value is -1.06. The lowest BCUT2D eigenvalue weighted by molar-refractivity contribution is 0.0143. The smallest absolute Gasteiger partial charge is 0.115 e. The van der Waals surface area contributed by atoms with Crippen LogP contribution in [0.15, 0.2) is 24.3 Å². The molecule has 0 aliphatic heterocycles. The summed E-state index contributed by atoms with van der Waals surface area (Å²) in [5, 5.41) is 9.11. The highest BCUT2D eigenvalue weighted by Gasteiger charge is 2.21. The van der Waals surface area contributed by atoms with E-state index in [0.29, 0.717) is 6.54 Å². The van der Waals surface area contributed by atoms with Crippen LogP contribution in [-0.4, -0.2) is 24.4 Å². The summed E-state index contributed by atoms with van der Waals surface area (Å²) < 4.78 is 5.33. The van der Waals surface area contributed by atoms with Gasteiger partial charge in [-0.15, -0.1) is 0 Å². The molecule has 0 spiro atoms. The SMILES string of the molecule is COC(C)(CN)Cc1ccc(O)cc1. The summed E-state index contributed by atoms with van der Waals surface area (Å²) in [6.45, 7) is 2.45. The fourth-order valence-electron chi connectivity index (χ4n) is 1.27. The van der Waals surface area contributed by atoms with E-state index in [-0.39, 0.29) is 11.4 Å². The highest BCUT2D eigenvalue weighted by Crippen LogP contribution is 2.17. The van der Waals surface area contributed by atoms with Gasteiger partial charge >= 0.3 is 0 Å². The Bertz CT molecular complexity index is 278. The maximum absolute atomic E-state index is 9.11. The van der Waals surface area contributed by atoms with Crippen LogP contribution < -0.4 is 5.73 Å². The average molecular weight is 195 g/mol. The molecule has 3 heteroatoms. The summed E-state index contributed by atoms with van der Waals surface area (Å²) in [7, 11) is 1.66. The monoisotopic (exact) mass is 195 g/mol. The number of phenols is 1. The van der Waals surface area contributed by atoms with Crippen molar-refractivity contribution in [2.45, 2.75) is 18.9 Å². The average Bonchev–Trinajstić information content (AvgIpc) is 2.21. The van der Waals surface area contributed by atoms with Crippen molar-refractivity contribution >= 4 is 0 Å². The molecule has 0 radical (unpaired) electrons. The third kappa shape index (κ3) is 2.72. The van der Waals surface area contributed by atoms with E-state index in [4.69, 9.17) is 15.6 Å². The van der Waals surface area contributed by atoms with Crippen molar-refractivity contribution in [1.29, 1.82) is 0 Å². The Balaban J connectivity index is 2.72. The Labute approximate surface area is 84.5 Å². The first-order valence-electron chi connectivity index (χ1n) is 4.63. The highest BCUT2D eigenvalue weighted by molar-refractivity contribution is 5.26. The molecular weight excluding hydrogens is 178 g/mol. The van der Waals surface area contributed by atoms with Gasteiger partial charge in [0, 0.05) is 20.1 Å². The molecule has 0 saturated heterocycles. The van der Waals surface area contributed by atoms with Gasteiger partial charge < -0.3 is 15.6 Å². The number of rotatable bonds is 4. The number of phenolic OH excluding ortho intramolecular Hbond substituents is 1. The molecule has 0 saturated carbocycles. The summed E-state index contributed by atoms with van der Waals surface area (Å²) in [5.41, 5.74) is 6.41. The minimum atomic E-state index is -0.322. The number of benzene rings is 1. The first-order valence-corrected chi connectivity index (χ1v) is 4.63. The number of methoxy groups -OCH3 is 1. The molecule has 3 nitrogen and oxygen atoms in total. The first-order chi connectivity index (χ1) is 6.59. The van der Waals surface area contributed by atoms with E-state index >= 15 is 0 Å². The molecule has 0 aliphatic rings. The summed E-state index contributed by atoms with van der Waals surface area (Å²) >= 11 is 0. The molecular formula is C11H17NO2. The molecule has 1 atom stereocenters. The van der Waals surface area contributed by atoms with Crippen molar-refractivity contribution in [3.8, 4) is 5.75 Å². The second kappa shape index (κ2) is 4.44. The molecule has 0 amide bonds. The van der Waals surface area contributed by atoms with E-state index in [1.165, 1.54) is 0 Å². The Morgan fingerprint density at radius 1 is 1.36 bits per heavy atom. The number of ether oxygens (including phenoxy) is 1. The molecule has 3 N–H and O–H groups in total. The van der Waals surface area contributed by atoms with Gasteiger partial charge in [0.15, 0.2) is 0 Å². The standard InChI is InChI=1S/C11H17NO2/c1-11(8-12,14-2)7-9-3-5-10(13)6-4-9/h3-6,13H,7-8,12H2,1-2H3. The Kier molecular flexibility index (Phi) is 3.49. The molecule has 0 aliphatic carbocycles. The quantitative estimate of drug-likeness (QED) is 0.761. The van der Waals surface area contributed by atoms with Crippen LogP contribution in [0.25, 0.3) is 0 Å². The maximum Gasteiger partial charge on any atom is 0.115 e. The molecule has 14 heavy (non-hydrogen) atoms. The molecule has 78 valence electrons. The molecule has 0 aromatic heterocycles. The fourth-order valence-corrected chi connectivity index (χ4v) is 1.27. The van der Waals surface area contributed by atoms with Gasteiger partial charge in [0.2, 0.25) is 0 Å². The van der Waals surface area contributed by atoms with Gasteiger partial charge in [-0.2, -0.15) is 0 Å². The summed E-state index contributed by atoms with van der Waals surface area (Å²) in [5.74, 6) is 0.278. The minimum absolute atomic E-state index is 0.278. The van der Waals surface area contributed by atoms with Gasteiger partial charge in [-0.05, 0) is 24.6 Å². The lowest BCUT2D eigenvalue weighted by atomic mass is 9.96. The Morgan fingerprint density at radius 3 is 2.36 bits per heavy atom. The summed E-state index contributed by atoms with van der Waals surface area (Å²) in [4.78, 5) is 0.